The van der Waals surface area contributed by atoms with Crippen LogP contribution in [0, 0.1) is 0 Å². The van der Waals surface area contributed by atoms with E-state index in [0.717, 1.165) is 11.3 Å². The minimum Gasteiger partial charge on any atom is -0.465 e. The van der Waals surface area contributed by atoms with Gasteiger partial charge in [0.1, 0.15) is 4.88 Å². The fourth-order valence-electron chi connectivity index (χ4n) is 1.61. The van der Waals surface area contributed by atoms with Crippen LogP contribution in [0.2, 0.25) is 0 Å². The van der Waals surface area contributed by atoms with Crippen LogP contribution >= 0.6 is 11.3 Å². The number of thiophene rings is 1. The Morgan fingerprint density at radius 1 is 1.39 bits per heavy atom. The van der Waals surface area contributed by atoms with Gasteiger partial charge >= 0.3 is 13.1 Å². The van der Waals surface area contributed by atoms with E-state index < -0.39 is 31.3 Å². The SMILES string of the molecule is [2H]C([2H])([2H])OC(=O)c1cc(B2OC(C)(C)C(C)(C)O2)cs1. The third-order valence-electron chi connectivity index (χ3n) is 3.44. The molecule has 1 saturated heterocycles. The van der Waals surface area contributed by atoms with Gasteiger partial charge in [0, 0.05) is 0 Å². The van der Waals surface area contributed by atoms with E-state index >= 15 is 0 Å². The number of methoxy groups -OCH3 is 1. The lowest BCUT2D eigenvalue weighted by Gasteiger charge is -2.32. The van der Waals surface area contributed by atoms with E-state index in [1.807, 2.05) is 27.7 Å². The topological polar surface area (TPSA) is 44.8 Å². The molecule has 1 aromatic heterocycles. The maximum Gasteiger partial charge on any atom is 0.495 e. The van der Waals surface area contributed by atoms with Crippen molar-refractivity contribution in [2.24, 2.45) is 0 Å². The standard InChI is InChI=1S/C12H17BO4S/c1-11(2)12(3,4)17-13(16-11)8-6-9(18-7-8)10(14)15-5/h6-7H,1-5H3/i5D3. The monoisotopic (exact) mass is 271 g/mol. The molecule has 4 nitrogen and oxygen atoms in total. The van der Waals surface area contributed by atoms with Gasteiger partial charge in [-0.25, -0.2) is 4.79 Å². The van der Waals surface area contributed by atoms with Crippen molar-refractivity contribution in [1.82, 2.24) is 0 Å². The Balaban J connectivity index is 2.13. The third-order valence-corrected chi connectivity index (χ3v) is 4.37. The van der Waals surface area contributed by atoms with Gasteiger partial charge in [-0.1, -0.05) is 0 Å². The number of rotatable bonds is 2. The zero-order valence-corrected chi connectivity index (χ0v) is 11.6. The quantitative estimate of drug-likeness (QED) is 0.608. The molecule has 18 heavy (non-hydrogen) atoms. The highest BCUT2D eigenvalue weighted by atomic mass is 32.1. The lowest BCUT2D eigenvalue weighted by molar-refractivity contribution is 0.00578. The third kappa shape index (κ3) is 2.20. The largest absolute Gasteiger partial charge is 0.495 e. The fourth-order valence-corrected chi connectivity index (χ4v) is 2.40. The van der Waals surface area contributed by atoms with Gasteiger partial charge < -0.3 is 14.0 Å². The molecule has 0 aromatic carbocycles. The highest BCUT2D eigenvalue weighted by molar-refractivity contribution is 7.13. The van der Waals surface area contributed by atoms with E-state index in [1.54, 1.807) is 11.4 Å². The lowest BCUT2D eigenvalue weighted by atomic mass is 9.81. The van der Waals surface area contributed by atoms with Crippen molar-refractivity contribution >= 4 is 29.9 Å². The summed E-state index contributed by atoms with van der Waals surface area (Å²) in [5.74, 6) is -0.872. The molecule has 2 heterocycles. The molecular weight excluding hydrogens is 251 g/mol. The van der Waals surface area contributed by atoms with E-state index in [0.29, 0.717) is 5.46 Å². The summed E-state index contributed by atoms with van der Waals surface area (Å²) >= 11 is 1.10. The van der Waals surface area contributed by atoms with Crippen LogP contribution in [0.5, 0.6) is 0 Å². The summed E-state index contributed by atoms with van der Waals surface area (Å²) in [6.07, 6.45) is 0. The van der Waals surface area contributed by atoms with E-state index in [9.17, 15) is 4.79 Å². The summed E-state index contributed by atoms with van der Waals surface area (Å²) in [4.78, 5) is 11.9. The normalized spacial score (nSPS) is 24.2. The van der Waals surface area contributed by atoms with Crippen LogP contribution in [0.15, 0.2) is 11.4 Å². The molecule has 1 aliphatic rings. The molecule has 98 valence electrons. The molecular formula is C12H17BO4S. The number of hydrogen-bond donors (Lipinski definition) is 0. The predicted molar refractivity (Wildman–Crippen MR) is 71.4 cm³/mol. The molecule has 1 fully saturated rings. The summed E-state index contributed by atoms with van der Waals surface area (Å²) in [6.45, 7) is 7.73. The van der Waals surface area contributed by atoms with E-state index in [2.05, 4.69) is 4.74 Å². The number of hydrogen-bond acceptors (Lipinski definition) is 5. The Morgan fingerprint density at radius 3 is 2.56 bits per heavy atom. The van der Waals surface area contributed by atoms with Crippen molar-refractivity contribution in [3.05, 3.63) is 16.3 Å². The van der Waals surface area contributed by atoms with E-state index in [1.165, 1.54) is 0 Å². The average molecular weight is 271 g/mol. The first kappa shape index (κ1) is 10.0. The van der Waals surface area contributed by atoms with Gasteiger partial charge in [-0.15, -0.1) is 11.3 Å². The van der Waals surface area contributed by atoms with Gasteiger partial charge in [-0.3, -0.25) is 0 Å². The maximum atomic E-state index is 11.7. The average Bonchev–Trinajstić information content (AvgIpc) is 2.80. The van der Waals surface area contributed by atoms with Gasteiger partial charge in [-0.2, -0.15) is 0 Å². The van der Waals surface area contributed by atoms with Crippen molar-refractivity contribution in [2.75, 3.05) is 7.04 Å². The van der Waals surface area contributed by atoms with Gasteiger partial charge in [0.15, 0.2) is 0 Å². The summed E-state index contributed by atoms with van der Waals surface area (Å²) in [7, 11) is -3.33. The first-order valence-corrected chi connectivity index (χ1v) is 6.47. The van der Waals surface area contributed by atoms with Gasteiger partial charge in [0.2, 0.25) is 0 Å². The van der Waals surface area contributed by atoms with Crippen LogP contribution in [0.3, 0.4) is 0 Å². The molecule has 0 spiro atoms. The second kappa shape index (κ2) is 4.37. The molecule has 0 radical (unpaired) electrons. The summed E-state index contributed by atoms with van der Waals surface area (Å²) in [6, 6.07) is 1.54. The maximum absolute atomic E-state index is 11.7. The molecule has 2 rings (SSSR count). The zero-order valence-electron chi connectivity index (χ0n) is 13.8. The summed E-state index contributed by atoms with van der Waals surface area (Å²) < 4.78 is 36.9. The zero-order chi connectivity index (χ0) is 16.1. The van der Waals surface area contributed by atoms with Crippen LogP contribution in [-0.2, 0) is 14.0 Å². The Kier molecular flexibility index (Phi) is 2.43. The minimum absolute atomic E-state index is 0.204. The number of esters is 1. The second-order valence-electron chi connectivity index (χ2n) is 5.22. The van der Waals surface area contributed by atoms with Crippen molar-refractivity contribution in [2.45, 2.75) is 38.9 Å². The van der Waals surface area contributed by atoms with E-state index in [4.69, 9.17) is 13.4 Å². The van der Waals surface area contributed by atoms with Gasteiger partial charge in [-0.05, 0) is 44.6 Å². The van der Waals surface area contributed by atoms with Crippen LogP contribution < -0.4 is 5.46 Å². The van der Waals surface area contributed by atoms with Gasteiger partial charge in [0.05, 0.1) is 22.4 Å². The van der Waals surface area contributed by atoms with E-state index in [-0.39, 0.29) is 4.88 Å². The fraction of sp³-hybridized carbons (Fsp3) is 0.583. The Labute approximate surface area is 116 Å². The Bertz CT molecular complexity index is 537. The Hall–Kier alpha value is -0.845. The first-order chi connectivity index (χ1) is 9.41. The number of carbonyl (C=O) groups is 1. The van der Waals surface area contributed by atoms with Crippen LogP contribution in [-0.4, -0.2) is 31.3 Å². The molecule has 0 unspecified atom stereocenters. The first-order valence-electron chi connectivity index (χ1n) is 7.09. The van der Waals surface area contributed by atoms with Crippen molar-refractivity contribution in [3.8, 4) is 0 Å². The molecule has 0 aliphatic carbocycles. The van der Waals surface area contributed by atoms with Crippen molar-refractivity contribution in [3.63, 3.8) is 0 Å². The predicted octanol–water partition coefficient (Wildman–Crippen LogP) is 1.83. The van der Waals surface area contributed by atoms with Crippen LogP contribution in [0.1, 0.15) is 41.5 Å². The molecule has 0 amide bonds. The van der Waals surface area contributed by atoms with Gasteiger partial charge in [0.25, 0.3) is 0 Å². The van der Waals surface area contributed by atoms with Crippen LogP contribution in [0.25, 0.3) is 0 Å². The number of ether oxygens (including phenoxy) is 1. The van der Waals surface area contributed by atoms with Crippen molar-refractivity contribution < 1.29 is 23.0 Å². The highest BCUT2D eigenvalue weighted by Gasteiger charge is 2.51. The summed E-state index contributed by atoms with van der Waals surface area (Å²) in [5.41, 5.74) is -0.270. The Morgan fingerprint density at radius 2 is 2.00 bits per heavy atom. The molecule has 1 aromatic rings. The highest BCUT2D eigenvalue weighted by Crippen LogP contribution is 2.36. The van der Waals surface area contributed by atoms with Crippen LogP contribution in [0.4, 0.5) is 0 Å². The number of carbonyl (C=O) groups excluding carboxylic acids is 1. The molecule has 1 aliphatic heterocycles. The smallest absolute Gasteiger partial charge is 0.465 e. The molecule has 0 bridgehead atoms. The molecule has 0 saturated carbocycles. The molecule has 6 heteroatoms. The molecule has 0 atom stereocenters. The molecule has 0 N–H and O–H groups in total. The van der Waals surface area contributed by atoms with Crippen molar-refractivity contribution in [1.29, 1.82) is 0 Å². The second-order valence-corrected chi connectivity index (χ2v) is 6.13. The lowest BCUT2D eigenvalue weighted by Crippen LogP contribution is -2.41. The summed E-state index contributed by atoms with van der Waals surface area (Å²) in [5, 5.41) is 1.71. The minimum atomic E-state index is -2.74.